The van der Waals surface area contributed by atoms with Crippen molar-refractivity contribution in [3.63, 3.8) is 0 Å². The summed E-state index contributed by atoms with van der Waals surface area (Å²) in [5.41, 5.74) is 0.559. The van der Waals surface area contributed by atoms with Crippen LogP contribution in [-0.4, -0.2) is 36.8 Å². The molecular formula is C15H19NO4S. The average molecular weight is 309 g/mol. The lowest BCUT2D eigenvalue weighted by Crippen LogP contribution is -2.45. The number of sulfone groups is 1. The predicted molar refractivity (Wildman–Crippen MR) is 78.2 cm³/mol. The van der Waals surface area contributed by atoms with E-state index in [0.29, 0.717) is 37.1 Å². The Bertz CT molecular complexity index is 635. The second-order valence-electron chi connectivity index (χ2n) is 5.88. The van der Waals surface area contributed by atoms with Crippen LogP contribution in [0.5, 0.6) is 5.88 Å². The highest BCUT2D eigenvalue weighted by atomic mass is 32.2. The molecule has 6 heteroatoms. The first-order chi connectivity index (χ1) is 10.0. The highest BCUT2D eigenvalue weighted by Gasteiger charge is 2.46. The number of aromatic nitrogens is 1. The van der Waals surface area contributed by atoms with Gasteiger partial charge in [-0.3, -0.25) is 4.79 Å². The van der Waals surface area contributed by atoms with Crippen LogP contribution < -0.4 is 4.74 Å². The summed E-state index contributed by atoms with van der Waals surface area (Å²) in [6.07, 6.45) is 4.82. The van der Waals surface area contributed by atoms with E-state index in [4.69, 9.17) is 4.74 Å². The van der Waals surface area contributed by atoms with Gasteiger partial charge in [-0.25, -0.2) is 13.4 Å². The molecule has 3 rings (SSSR count). The first-order valence-corrected chi connectivity index (χ1v) is 8.90. The number of hydrogen-bond donors (Lipinski definition) is 0. The third-order valence-corrected chi connectivity index (χ3v) is 7.39. The summed E-state index contributed by atoms with van der Waals surface area (Å²) in [5.74, 6) is 0.225. The molecule has 5 nitrogen and oxygen atoms in total. The highest BCUT2D eigenvalue weighted by molar-refractivity contribution is 7.92. The van der Waals surface area contributed by atoms with Gasteiger partial charge in [-0.05, 0) is 31.7 Å². The third-order valence-electron chi connectivity index (χ3n) is 4.68. The van der Waals surface area contributed by atoms with Crippen molar-refractivity contribution >= 4 is 15.6 Å². The molecule has 0 radical (unpaired) electrons. The van der Waals surface area contributed by atoms with Crippen molar-refractivity contribution < 1.29 is 17.9 Å². The van der Waals surface area contributed by atoms with E-state index in [1.807, 2.05) is 0 Å². The molecule has 2 bridgehead atoms. The number of Topliss-reactive ketones (excluding diaryl/α,β-unsaturated/α-hetero) is 1. The SMILES string of the molecule is COc1cc(C(=O)C2CC3CCCC(C2)S3(=O)=O)ccn1. The van der Waals surface area contributed by atoms with Crippen LogP contribution in [0, 0.1) is 5.92 Å². The molecule has 2 atom stereocenters. The van der Waals surface area contributed by atoms with E-state index >= 15 is 0 Å². The van der Waals surface area contributed by atoms with Crippen molar-refractivity contribution in [2.75, 3.05) is 7.11 Å². The van der Waals surface area contributed by atoms with Crippen molar-refractivity contribution in [1.29, 1.82) is 0 Å². The minimum atomic E-state index is -3.02. The molecule has 0 spiro atoms. The molecule has 3 heterocycles. The number of fused-ring (bicyclic) bond motifs is 2. The van der Waals surface area contributed by atoms with Gasteiger partial charge in [0.2, 0.25) is 5.88 Å². The molecule has 21 heavy (non-hydrogen) atoms. The van der Waals surface area contributed by atoms with E-state index in [0.717, 1.165) is 6.42 Å². The summed E-state index contributed by atoms with van der Waals surface area (Å²) in [6, 6.07) is 3.30. The Kier molecular flexibility index (Phi) is 3.73. The smallest absolute Gasteiger partial charge is 0.213 e. The number of pyridine rings is 1. The minimum absolute atomic E-state index is 0.0162. The van der Waals surface area contributed by atoms with Crippen LogP contribution in [0.4, 0.5) is 0 Å². The lowest BCUT2D eigenvalue weighted by Gasteiger charge is -2.38. The van der Waals surface area contributed by atoms with Crippen LogP contribution >= 0.6 is 0 Å². The number of rotatable bonds is 3. The van der Waals surface area contributed by atoms with Crippen LogP contribution in [0.2, 0.25) is 0 Å². The van der Waals surface area contributed by atoms with Crippen molar-refractivity contribution in [2.45, 2.75) is 42.6 Å². The standard InChI is InChI=1S/C15H19NO4S/c1-20-14-9-10(5-6-16-14)15(17)11-7-12-3-2-4-13(8-11)21(12,18)19/h5-6,9,11-13H,2-4,7-8H2,1H3. The van der Waals surface area contributed by atoms with E-state index in [9.17, 15) is 13.2 Å². The molecule has 0 aromatic carbocycles. The lowest BCUT2D eigenvalue weighted by atomic mass is 9.84. The molecule has 0 N–H and O–H groups in total. The normalized spacial score (nSPS) is 30.6. The van der Waals surface area contributed by atoms with Crippen LogP contribution in [-0.2, 0) is 9.84 Å². The maximum absolute atomic E-state index is 12.6. The molecule has 0 amide bonds. The van der Waals surface area contributed by atoms with E-state index in [2.05, 4.69) is 4.98 Å². The van der Waals surface area contributed by atoms with E-state index in [1.54, 1.807) is 18.3 Å². The number of ether oxygens (including phenoxy) is 1. The molecular weight excluding hydrogens is 290 g/mol. The zero-order valence-corrected chi connectivity index (χ0v) is 12.8. The van der Waals surface area contributed by atoms with E-state index < -0.39 is 9.84 Å². The van der Waals surface area contributed by atoms with Gasteiger partial charge in [0.25, 0.3) is 0 Å². The monoisotopic (exact) mass is 309 g/mol. The van der Waals surface area contributed by atoms with Gasteiger partial charge in [0.15, 0.2) is 15.6 Å². The summed E-state index contributed by atoms with van der Waals surface area (Å²) in [4.78, 5) is 16.6. The Labute approximate surface area is 124 Å². The Morgan fingerprint density at radius 1 is 1.29 bits per heavy atom. The summed E-state index contributed by atoms with van der Waals surface area (Å²) in [5, 5.41) is -0.662. The second-order valence-corrected chi connectivity index (χ2v) is 8.39. The summed E-state index contributed by atoms with van der Waals surface area (Å²) >= 11 is 0. The predicted octanol–water partition coefficient (Wildman–Crippen LogP) is 2.02. The fourth-order valence-electron chi connectivity index (χ4n) is 3.53. The second kappa shape index (κ2) is 5.40. The maximum Gasteiger partial charge on any atom is 0.213 e. The molecule has 2 aliphatic rings. The van der Waals surface area contributed by atoms with E-state index in [1.165, 1.54) is 7.11 Å². The molecule has 1 aromatic heterocycles. The number of carbonyl (C=O) groups is 1. The molecule has 0 saturated carbocycles. The summed E-state index contributed by atoms with van der Waals surface area (Å²) in [6.45, 7) is 0. The molecule has 114 valence electrons. The molecule has 2 saturated heterocycles. The summed E-state index contributed by atoms with van der Waals surface area (Å²) < 4.78 is 29.6. The van der Waals surface area contributed by atoms with Gasteiger partial charge < -0.3 is 4.74 Å². The van der Waals surface area contributed by atoms with Crippen LogP contribution in [0.15, 0.2) is 18.3 Å². The zero-order chi connectivity index (χ0) is 15.0. The topological polar surface area (TPSA) is 73.3 Å². The van der Waals surface area contributed by atoms with Gasteiger partial charge in [0, 0.05) is 23.7 Å². The highest BCUT2D eigenvalue weighted by Crippen LogP contribution is 2.40. The Morgan fingerprint density at radius 2 is 1.95 bits per heavy atom. The molecule has 2 unspecified atom stereocenters. The number of carbonyl (C=O) groups excluding carboxylic acids is 1. The maximum atomic E-state index is 12.6. The van der Waals surface area contributed by atoms with Crippen LogP contribution in [0.3, 0.4) is 0 Å². The molecule has 2 fully saturated rings. The molecule has 0 aliphatic carbocycles. The van der Waals surface area contributed by atoms with E-state index in [-0.39, 0.29) is 22.2 Å². The van der Waals surface area contributed by atoms with Crippen LogP contribution in [0.1, 0.15) is 42.5 Å². The van der Waals surface area contributed by atoms with Gasteiger partial charge in [-0.2, -0.15) is 0 Å². The van der Waals surface area contributed by atoms with Crippen molar-refractivity contribution in [3.05, 3.63) is 23.9 Å². The fourth-order valence-corrected chi connectivity index (χ4v) is 6.07. The van der Waals surface area contributed by atoms with Gasteiger partial charge >= 0.3 is 0 Å². The van der Waals surface area contributed by atoms with Crippen molar-refractivity contribution in [2.24, 2.45) is 5.92 Å². The fraction of sp³-hybridized carbons (Fsp3) is 0.600. The molecule has 2 aliphatic heterocycles. The first-order valence-electron chi connectivity index (χ1n) is 7.29. The number of hydrogen-bond acceptors (Lipinski definition) is 5. The minimum Gasteiger partial charge on any atom is -0.481 e. The Morgan fingerprint density at radius 3 is 2.57 bits per heavy atom. The Hall–Kier alpha value is -1.43. The number of methoxy groups -OCH3 is 1. The average Bonchev–Trinajstić information content (AvgIpc) is 2.45. The number of ketones is 1. The van der Waals surface area contributed by atoms with Crippen molar-refractivity contribution in [1.82, 2.24) is 4.98 Å². The third kappa shape index (κ3) is 2.57. The van der Waals surface area contributed by atoms with Gasteiger partial charge in [-0.15, -0.1) is 0 Å². The Balaban J connectivity index is 1.83. The zero-order valence-electron chi connectivity index (χ0n) is 12.0. The first kappa shape index (κ1) is 14.5. The van der Waals surface area contributed by atoms with Crippen molar-refractivity contribution in [3.8, 4) is 5.88 Å². The van der Waals surface area contributed by atoms with Crippen LogP contribution in [0.25, 0.3) is 0 Å². The summed E-state index contributed by atoms with van der Waals surface area (Å²) in [7, 11) is -1.51. The lowest BCUT2D eigenvalue weighted by molar-refractivity contribution is 0.0893. The number of nitrogens with zero attached hydrogens (tertiary/aromatic N) is 1. The van der Waals surface area contributed by atoms with Gasteiger partial charge in [-0.1, -0.05) is 6.42 Å². The largest absolute Gasteiger partial charge is 0.481 e. The van der Waals surface area contributed by atoms with Gasteiger partial charge in [0.05, 0.1) is 17.6 Å². The van der Waals surface area contributed by atoms with Gasteiger partial charge in [0.1, 0.15) is 0 Å². The quantitative estimate of drug-likeness (QED) is 0.799. The molecule has 1 aromatic rings.